The zero-order chi connectivity index (χ0) is 29.8. The van der Waals surface area contributed by atoms with Crippen LogP contribution in [0.25, 0.3) is 0 Å². The number of hydrogen-bond acceptors (Lipinski definition) is 9. The molecule has 3 atom stereocenters. The number of hydrogen-bond donors (Lipinski definition) is 3. The van der Waals surface area contributed by atoms with Gasteiger partial charge in [-0.05, 0) is 25.7 Å². The molecule has 0 unspecified atom stereocenters. The standard InChI is InChI=1S/C29H43N5O4S3/c1-5-6-7-8-9-13-24(36)39-14-11-10-12-20-15-22(35)30-16-23-32-21(17-40-23)27-34-29(4,18-41-27)28(38)33-25(19(2)3)26(37)31-20/h10,12,17,19-20,25H,5-9,11,13-16,18H2,1-4H3,(H,30,35)(H,31,37)(H,33,38)/t20-,25+,29+/m1/s1. The molecular formula is C29H43N5O4S3. The van der Waals surface area contributed by atoms with Crippen molar-refractivity contribution in [3.63, 3.8) is 0 Å². The Morgan fingerprint density at radius 3 is 2.73 bits per heavy atom. The zero-order valence-electron chi connectivity index (χ0n) is 24.5. The third kappa shape index (κ3) is 10.6. The fourth-order valence-corrected chi connectivity index (χ4v) is 7.09. The number of amides is 3. The highest BCUT2D eigenvalue weighted by atomic mass is 32.2. The highest BCUT2D eigenvalue weighted by molar-refractivity contribution is 8.14. The maximum absolute atomic E-state index is 13.4. The van der Waals surface area contributed by atoms with E-state index in [0.717, 1.165) is 17.8 Å². The van der Waals surface area contributed by atoms with Gasteiger partial charge in [-0.1, -0.05) is 70.4 Å². The maximum Gasteiger partial charge on any atom is 0.249 e. The van der Waals surface area contributed by atoms with Gasteiger partial charge in [0.15, 0.2) is 5.12 Å². The lowest BCUT2D eigenvalue weighted by molar-refractivity contribution is -0.132. The number of thiazole rings is 1. The Morgan fingerprint density at radius 1 is 1.20 bits per heavy atom. The molecule has 0 spiro atoms. The number of carbonyl (C=O) groups is 4. The van der Waals surface area contributed by atoms with Crippen molar-refractivity contribution in [3.8, 4) is 0 Å². The van der Waals surface area contributed by atoms with Crippen LogP contribution in [0.1, 0.15) is 89.8 Å². The summed E-state index contributed by atoms with van der Waals surface area (Å²) in [7, 11) is 0. The molecule has 0 aromatic carbocycles. The quantitative estimate of drug-likeness (QED) is 0.243. The topological polar surface area (TPSA) is 130 Å². The Labute approximate surface area is 256 Å². The number of aromatic nitrogens is 1. The van der Waals surface area contributed by atoms with E-state index in [9.17, 15) is 19.2 Å². The summed E-state index contributed by atoms with van der Waals surface area (Å²) in [5.74, 6) is 0.0389. The van der Waals surface area contributed by atoms with Crippen molar-refractivity contribution < 1.29 is 19.2 Å². The van der Waals surface area contributed by atoms with E-state index in [1.54, 1.807) is 6.92 Å². The zero-order valence-corrected chi connectivity index (χ0v) is 26.9. The molecule has 0 saturated carbocycles. The molecule has 4 bridgehead atoms. The number of nitrogens with zero attached hydrogens (tertiary/aromatic N) is 2. The molecule has 3 heterocycles. The van der Waals surface area contributed by atoms with E-state index < -0.39 is 17.6 Å². The van der Waals surface area contributed by atoms with E-state index in [0.29, 0.717) is 35.1 Å². The Bertz CT molecular complexity index is 1140. The van der Waals surface area contributed by atoms with E-state index >= 15 is 0 Å². The number of unbranched alkanes of at least 4 members (excludes halogenated alkanes) is 4. The number of rotatable bonds is 11. The predicted molar refractivity (Wildman–Crippen MR) is 169 cm³/mol. The van der Waals surface area contributed by atoms with Gasteiger partial charge in [-0.15, -0.1) is 23.1 Å². The Balaban J connectivity index is 1.66. The number of aliphatic imine (C=N–C) groups is 1. The number of nitrogens with one attached hydrogen (secondary N) is 3. The van der Waals surface area contributed by atoms with Crippen molar-refractivity contribution in [1.82, 2.24) is 20.9 Å². The van der Waals surface area contributed by atoms with Gasteiger partial charge in [0.2, 0.25) is 17.7 Å². The fraction of sp³-hybridized carbons (Fsp3) is 0.655. The molecular weight excluding hydrogens is 579 g/mol. The molecule has 0 fully saturated rings. The molecule has 1 aromatic heterocycles. The van der Waals surface area contributed by atoms with Crippen LogP contribution in [0.4, 0.5) is 0 Å². The molecule has 2 aliphatic heterocycles. The summed E-state index contributed by atoms with van der Waals surface area (Å²) in [4.78, 5) is 61.0. The van der Waals surface area contributed by atoms with Crippen LogP contribution >= 0.6 is 34.9 Å². The van der Waals surface area contributed by atoms with E-state index in [-0.39, 0.29) is 41.7 Å². The molecule has 0 aliphatic carbocycles. The first-order valence-corrected chi connectivity index (χ1v) is 17.3. The van der Waals surface area contributed by atoms with E-state index in [1.807, 2.05) is 31.4 Å². The van der Waals surface area contributed by atoms with Crippen molar-refractivity contribution in [1.29, 1.82) is 0 Å². The van der Waals surface area contributed by atoms with Crippen molar-refractivity contribution >= 4 is 62.7 Å². The Morgan fingerprint density at radius 2 is 1.98 bits per heavy atom. The summed E-state index contributed by atoms with van der Waals surface area (Å²) in [5, 5.41) is 12.3. The van der Waals surface area contributed by atoms with Crippen molar-refractivity contribution in [2.24, 2.45) is 10.9 Å². The molecule has 3 rings (SSSR count). The largest absolute Gasteiger partial charge is 0.350 e. The maximum atomic E-state index is 13.4. The van der Waals surface area contributed by atoms with E-state index in [4.69, 9.17) is 0 Å². The first kappa shape index (κ1) is 33.3. The average Bonchev–Trinajstić information content (AvgIpc) is 3.56. The van der Waals surface area contributed by atoms with Crippen LogP contribution in [-0.4, -0.2) is 62.0 Å². The third-order valence-electron chi connectivity index (χ3n) is 6.90. The SMILES string of the molecule is CCCCCCCC(=O)SCCC=C[C@@H]1CC(=O)NCc2nc(cs2)C2=N[C@@](C)(CS2)C(=O)N[C@@H](C(C)C)C(=O)N1. The average molecular weight is 622 g/mol. The van der Waals surface area contributed by atoms with Crippen LogP contribution < -0.4 is 16.0 Å². The summed E-state index contributed by atoms with van der Waals surface area (Å²) < 4.78 is 0. The third-order valence-corrected chi connectivity index (χ3v) is 10.00. The number of carbonyl (C=O) groups excluding carboxylic acids is 4. The number of allylic oxidation sites excluding steroid dienone is 1. The van der Waals surface area contributed by atoms with Crippen molar-refractivity contribution in [2.75, 3.05) is 11.5 Å². The summed E-state index contributed by atoms with van der Waals surface area (Å²) in [6.07, 6.45) is 10.6. The van der Waals surface area contributed by atoms with Gasteiger partial charge in [0.25, 0.3) is 0 Å². The van der Waals surface area contributed by atoms with E-state index in [1.165, 1.54) is 54.1 Å². The molecule has 0 saturated heterocycles. The molecule has 2 aliphatic rings. The normalized spacial score (nSPS) is 23.8. The van der Waals surface area contributed by atoms with Crippen LogP contribution in [0.3, 0.4) is 0 Å². The van der Waals surface area contributed by atoms with Crippen LogP contribution in [0.2, 0.25) is 0 Å². The smallest absolute Gasteiger partial charge is 0.249 e. The van der Waals surface area contributed by atoms with Gasteiger partial charge >= 0.3 is 0 Å². The second-order valence-corrected chi connectivity index (χ2v) is 14.1. The lowest BCUT2D eigenvalue weighted by Gasteiger charge is -2.27. The molecule has 41 heavy (non-hydrogen) atoms. The van der Waals surface area contributed by atoms with Crippen LogP contribution in [0.15, 0.2) is 22.5 Å². The monoisotopic (exact) mass is 621 g/mol. The van der Waals surface area contributed by atoms with Crippen LogP contribution in [0.5, 0.6) is 0 Å². The molecule has 12 heteroatoms. The van der Waals surface area contributed by atoms with Crippen molar-refractivity contribution in [2.45, 2.75) is 103 Å². The summed E-state index contributed by atoms with van der Waals surface area (Å²) in [6, 6.07) is -1.35. The van der Waals surface area contributed by atoms with Gasteiger partial charge in [-0.3, -0.25) is 24.2 Å². The second kappa shape index (κ2) is 16.5. The molecule has 0 radical (unpaired) electrons. The number of thioether (sulfide) groups is 2. The van der Waals surface area contributed by atoms with Crippen LogP contribution in [-0.2, 0) is 25.7 Å². The molecule has 3 N–H and O–H groups in total. The van der Waals surface area contributed by atoms with Gasteiger partial charge in [-0.2, -0.15) is 0 Å². The number of fused-ring (bicyclic) bond motifs is 4. The first-order chi connectivity index (χ1) is 19.6. The summed E-state index contributed by atoms with van der Waals surface area (Å²) in [5.41, 5.74) is -0.313. The lowest BCUT2D eigenvalue weighted by Crippen LogP contribution is -2.56. The minimum atomic E-state index is -1.01. The molecule has 226 valence electrons. The van der Waals surface area contributed by atoms with Gasteiger partial charge in [0.1, 0.15) is 27.3 Å². The lowest BCUT2D eigenvalue weighted by atomic mass is 9.99. The Kier molecular flexibility index (Phi) is 13.4. The van der Waals surface area contributed by atoms with Crippen molar-refractivity contribution in [3.05, 3.63) is 28.2 Å². The van der Waals surface area contributed by atoms with Gasteiger partial charge in [0.05, 0.1) is 19.0 Å². The Hall–Kier alpha value is -2.18. The molecule has 1 aromatic rings. The van der Waals surface area contributed by atoms with E-state index in [2.05, 4.69) is 32.9 Å². The summed E-state index contributed by atoms with van der Waals surface area (Å²) >= 11 is 4.23. The van der Waals surface area contributed by atoms with Crippen LogP contribution in [0, 0.1) is 5.92 Å². The minimum absolute atomic E-state index is 0.0450. The highest BCUT2D eigenvalue weighted by Crippen LogP contribution is 2.32. The fourth-order valence-electron chi connectivity index (χ4n) is 4.40. The van der Waals surface area contributed by atoms with Gasteiger partial charge in [0, 0.05) is 23.3 Å². The molecule has 9 nitrogen and oxygen atoms in total. The first-order valence-electron chi connectivity index (χ1n) is 14.5. The summed E-state index contributed by atoms with van der Waals surface area (Å²) in [6.45, 7) is 7.96. The van der Waals surface area contributed by atoms with Gasteiger partial charge < -0.3 is 16.0 Å². The molecule has 3 amide bonds. The predicted octanol–water partition coefficient (Wildman–Crippen LogP) is 4.61. The highest BCUT2D eigenvalue weighted by Gasteiger charge is 2.41. The van der Waals surface area contributed by atoms with Gasteiger partial charge in [-0.25, -0.2) is 4.98 Å². The second-order valence-electron chi connectivity index (χ2n) is 11.0. The minimum Gasteiger partial charge on any atom is -0.350 e.